The largest absolute Gasteiger partial charge is 0.493 e. The van der Waals surface area contributed by atoms with Crippen LogP contribution in [0.5, 0.6) is 23.0 Å². The van der Waals surface area contributed by atoms with Gasteiger partial charge in [-0.15, -0.1) is 0 Å². The summed E-state index contributed by atoms with van der Waals surface area (Å²) in [6.45, 7) is 4.66. The van der Waals surface area contributed by atoms with E-state index in [1.165, 1.54) is 19.3 Å². The second-order valence-electron chi connectivity index (χ2n) is 9.19. The highest BCUT2D eigenvalue weighted by atomic mass is 127. The van der Waals surface area contributed by atoms with Crippen molar-refractivity contribution in [3.05, 3.63) is 86.2 Å². The molecule has 0 radical (unpaired) electrons. The van der Waals surface area contributed by atoms with Gasteiger partial charge in [-0.05, 0) is 83.5 Å². The van der Waals surface area contributed by atoms with Gasteiger partial charge in [-0.1, -0.05) is 31.2 Å². The Hall–Kier alpha value is -4.13. The van der Waals surface area contributed by atoms with E-state index < -0.39 is 17.8 Å². The number of nitrogens with zero attached hydrogens (tertiary/aromatic N) is 1. The van der Waals surface area contributed by atoms with Gasteiger partial charge in [0.1, 0.15) is 18.0 Å². The third-order valence-electron chi connectivity index (χ3n) is 6.19. The maximum atomic E-state index is 14.1. The average molecular weight is 688 g/mol. The molecule has 1 aliphatic rings. The summed E-state index contributed by atoms with van der Waals surface area (Å²) in [5, 5.41) is 2.24. The Morgan fingerprint density at radius 3 is 2.45 bits per heavy atom. The van der Waals surface area contributed by atoms with Crippen LogP contribution in [-0.4, -0.2) is 43.1 Å². The molecule has 0 unspecified atom stereocenters. The molecule has 42 heavy (non-hydrogen) atoms. The van der Waals surface area contributed by atoms with Crippen LogP contribution in [0.3, 0.4) is 0 Å². The Morgan fingerprint density at radius 2 is 1.74 bits per heavy atom. The van der Waals surface area contributed by atoms with Crippen molar-refractivity contribution in [1.29, 1.82) is 0 Å². The van der Waals surface area contributed by atoms with E-state index in [0.717, 1.165) is 11.3 Å². The summed E-state index contributed by atoms with van der Waals surface area (Å²) >= 11 is 2.03. The molecule has 1 heterocycles. The van der Waals surface area contributed by atoms with Crippen LogP contribution in [0.4, 0.5) is 9.18 Å². The van der Waals surface area contributed by atoms with Gasteiger partial charge in [0.05, 0.1) is 30.4 Å². The van der Waals surface area contributed by atoms with Crippen LogP contribution in [0.2, 0.25) is 0 Å². The van der Waals surface area contributed by atoms with E-state index in [-0.39, 0.29) is 24.5 Å². The van der Waals surface area contributed by atoms with Crippen molar-refractivity contribution in [2.24, 2.45) is 0 Å². The summed E-state index contributed by atoms with van der Waals surface area (Å²) in [7, 11) is 1.45. The van der Waals surface area contributed by atoms with Gasteiger partial charge in [0.2, 0.25) is 0 Å². The third kappa shape index (κ3) is 7.19. The minimum atomic E-state index is -0.824. The first-order chi connectivity index (χ1) is 20.2. The molecule has 0 bridgehead atoms. The molecule has 1 N–H and O–H groups in total. The highest BCUT2D eigenvalue weighted by molar-refractivity contribution is 14.1. The number of rotatable bonds is 12. The number of urea groups is 1. The van der Waals surface area contributed by atoms with Crippen molar-refractivity contribution in [3.63, 3.8) is 0 Å². The SMILES string of the molecule is CCCOc1ccc(CN2C(=O)NC(=O)/C(=C\c3cc(I)c(OCc4ccccc4F)c(OC)c3)C2=O)cc1OCC. The van der Waals surface area contributed by atoms with Crippen LogP contribution in [0, 0.1) is 9.39 Å². The summed E-state index contributed by atoms with van der Waals surface area (Å²) in [4.78, 5) is 39.8. The quantitative estimate of drug-likeness (QED) is 0.144. The fraction of sp³-hybridized carbons (Fsp3) is 0.258. The number of hydrogen-bond acceptors (Lipinski definition) is 7. The number of carbonyl (C=O) groups is 3. The molecule has 9 nitrogen and oxygen atoms in total. The standard InChI is InChI=1S/C31H30FIN2O7/c1-4-12-41-25-11-10-19(15-26(25)40-5-2)17-35-30(37)22(29(36)34-31(35)38)13-20-14-24(33)28(27(16-20)39-3)42-18-21-8-6-7-9-23(21)32/h6-11,13-16H,4-5,12,17-18H2,1-3H3,(H,34,36,38)/b22-13+. The fourth-order valence-electron chi connectivity index (χ4n) is 4.17. The minimum Gasteiger partial charge on any atom is -0.493 e. The van der Waals surface area contributed by atoms with E-state index in [2.05, 4.69) is 5.32 Å². The molecular weight excluding hydrogens is 658 g/mol. The fourth-order valence-corrected chi connectivity index (χ4v) is 4.95. The highest BCUT2D eigenvalue weighted by Gasteiger charge is 2.36. The Morgan fingerprint density at radius 1 is 0.952 bits per heavy atom. The second kappa shape index (κ2) is 14.2. The summed E-state index contributed by atoms with van der Waals surface area (Å²) in [6.07, 6.45) is 2.21. The van der Waals surface area contributed by atoms with Crippen LogP contribution < -0.4 is 24.3 Å². The number of ether oxygens (including phenoxy) is 4. The van der Waals surface area contributed by atoms with Crippen LogP contribution in [-0.2, 0) is 22.7 Å². The maximum absolute atomic E-state index is 14.1. The molecule has 0 aromatic heterocycles. The maximum Gasteiger partial charge on any atom is 0.331 e. The molecule has 0 saturated carbocycles. The van der Waals surface area contributed by atoms with Gasteiger partial charge >= 0.3 is 6.03 Å². The number of amides is 4. The first-order valence-corrected chi connectivity index (χ1v) is 14.3. The summed E-state index contributed by atoms with van der Waals surface area (Å²) in [6, 6.07) is 13.9. The van der Waals surface area contributed by atoms with Crippen LogP contribution in [0.25, 0.3) is 6.08 Å². The van der Waals surface area contributed by atoms with Gasteiger partial charge in [0.25, 0.3) is 11.8 Å². The molecule has 11 heteroatoms. The molecule has 4 amide bonds. The molecule has 220 valence electrons. The zero-order valence-electron chi connectivity index (χ0n) is 23.4. The molecule has 3 aromatic rings. The second-order valence-corrected chi connectivity index (χ2v) is 10.3. The molecular formula is C31H30FIN2O7. The zero-order valence-corrected chi connectivity index (χ0v) is 25.5. The zero-order chi connectivity index (χ0) is 30.2. The van der Waals surface area contributed by atoms with Gasteiger partial charge in [-0.2, -0.15) is 0 Å². The van der Waals surface area contributed by atoms with Crippen molar-refractivity contribution in [2.75, 3.05) is 20.3 Å². The molecule has 1 aliphatic heterocycles. The van der Waals surface area contributed by atoms with Crippen LogP contribution in [0.15, 0.2) is 60.2 Å². The van der Waals surface area contributed by atoms with E-state index in [1.807, 2.05) is 36.4 Å². The average Bonchev–Trinajstić information content (AvgIpc) is 2.97. The van der Waals surface area contributed by atoms with Crippen molar-refractivity contribution >= 4 is 46.5 Å². The number of methoxy groups -OCH3 is 1. The monoisotopic (exact) mass is 688 g/mol. The van der Waals surface area contributed by atoms with Crippen LogP contribution in [0.1, 0.15) is 37.0 Å². The van der Waals surface area contributed by atoms with E-state index >= 15 is 0 Å². The molecule has 0 spiro atoms. The van der Waals surface area contributed by atoms with E-state index in [1.54, 1.807) is 48.5 Å². The van der Waals surface area contributed by atoms with Gasteiger partial charge in [-0.3, -0.25) is 19.8 Å². The summed E-state index contributed by atoms with van der Waals surface area (Å²) in [5.74, 6) is -0.165. The Labute approximate surface area is 256 Å². The lowest BCUT2D eigenvalue weighted by atomic mass is 10.1. The normalized spacial score (nSPS) is 14.2. The van der Waals surface area contributed by atoms with E-state index in [0.29, 0.717) is 56.5 Å². The van der Waals surface area contributed by atoms with Crippen molar-refractivity contribution in [2.45, 2.75) is 33.4 Å². The number of carbonyl (C=O) groups excluding carboxylic acids is 3. The number of hydrogen-bond donors (Lipinski definition) is 1. The van der Waals surface area contributed by atoms with Crippen molar-refractivity contribution in [1.82, 2.24) is 10.2 Å². The number of imide groups is 2. The van der Waals surface area contributed by atoms with Gasteiger partial charge in [-0.25, -0.2) is 9.18 Å². The number of barbiturate groups is 1. The first-order valence-electron chi connectivity index (χ1n) is 13.3. The Balaban J connectivity index is 1.58. The predicted molar refractivity (Wildman–Crippen MR) is 162 cm³/mol. The summed E-state index contributed by atoms with van der Waals surface area (Å²) in [5.41, 5.74) is 1.25. The highest BCUT2D eigenvalue weighted by Crippen LogP contribution is 2.36. The number of benzene rings is 3. The van der Waals surface area contributed by atoms with E-state index in [4.69, 9.17) is 18.9 Å². The molecule has 3 aromatic carbocycles. The number of halogens is 2. The number of nitrogens with one attached hydrogen (secondary N) is 1. The molecule has 0 atom stereocenters. The molecule has 1 fully saturated rings. The lowest BCUT2D eigenvalue weighted by Gasteiger charge is -2.26. The van der Waals surface area contributed by atoms with Gasteiger partial charge in [0.15, 0.2) is 23.0 Å². The van der Waals surface area contributed by atoms with Crippen molar-refractivity contribution in [3.8, 4) is 23.0 Å². The molecule has 0 aliphatic carbocycles. The Kier molecular flexibility index (Phi) is 10.4. The first kappa shape index (κ1) is 30.8. The lowest BCUT2D eigenvalue weighted by molar-refractivity contribution is -0.130. The predicted octanol–water partition coefficient (Wildman–Crippen LogP) is 5.87. The topological polar surface area (TPSA) is 103 Å². The van der Waals surface area contributed by atoms with Gasteiger partial charge in [0, 0.05) is 5.56 Å². The summed E-state index contributed by atoms with van der Waals surface area (Å²) < 4.78 is 37.4. The Bertz CT molecular complexity index is 1530. The van der Waals surface area contributed by atoms with Crippen LogP contribution >= 0.6 is 22.6 Å². The van der Waals surface area contributed by atoms with E-state index in [9.17, 15) is 18.8 Å². The molecule has 1 saturated heterocycles. The molecule has 4 rings (SSSR count). The third-order valence-corrected chi connectivity index (χ3v) is 6.99. The lowest BCUT2D eigenvalue weighted by Crippen LogP contribution is -2.53. The van der Waals surface area contributed by atoms with Crippen molar-refractivity contribution < 1.29 is 37.7 Å². The minimum absolute atomic E-state index is 0.0197. The van der Waals surface area contributed by atoms with Gasteiger partial charge < -0.3 is 18.9 Å². The smallest absolute Gasteiger partial charge is 0.331 e.